The molecular formula is C27H38BFN4O3. The van der Waals surface area contributed by atoms with Crippen LogP contribution in [-0.2, 0) is 4.65 Å². The minimum Gasteiger partial charge on any atom is -0.427 e. The second kappa shape index (κ2) is 11.3. The van der Waals surface area contributed by atoms with Gasteiger partial charge in [-0.1, -0.05) is 44.5 Å². The van der Waals surface area contributed by atoms with Crippen molar-refractivity contribution in [1.82, 2.24) is 5.32 Å². The van der Waals surface area contributed by atoms with Crippen molar-refractivity contribution in [2.75, 3.05) is 10.6 Å². The summed E-state index contributed by atoms with van der Waals surface area (Å²) in [6.07, 6.45) is 1.54. The highest BCUT2D eigenvalue weighted by Gasteiger charge is 2.35. The van der Waals surface area contributed by atoms with E-state index in [-0.39, 0.29) is 19.0 Å². The van der Waals surface area contributed by atoms with Crippen molar-refractivity contribution in [3.63, 3.8) is 0 Å². The molecule has 0 radical (unpaired) electrons. The van der Waals surface area contributed by atoms with Crippen molar-refractivity contribution in [2.24, 2.45) is 5.41 Å². The molecule has 2 aromatic carbocycles. The van der Waals surface area contributed by atoms with Gasteiger partial charge in [-0.05, 0) is 64.3 Å². The van der Waals surface area contributed by atoms with E-state index in [0.717, 1.165) is 11.3 Å². The number of rotatable bonds is 9. The molecule has 194 valence electrons. The number of benzene rings is 2. The third-order valence-electron chi connectivity index (χ3n) is 6.03. The van der Waals surface area contributed by atoms with Crippen LogP contribution < -0.4 is 21.4 Å². The van der Waals surface area contributed by atoms with E-state index in [4.69, 9.17) is 10.1 Å². The third kappa shape index (κ3) is 8.50. The number of nitrogens with one attached hydrogen (secondary N) is 4. The maximum Gasteiger partial charge on any atom is 0.324 e. The highest BCUT2D eigenvalue weighted by molar-refractivity contribution is 6.47. The van der Waals surface area contributed by atoms with Gasteiger partial charge in [0.1, 0.15) is 11.6 Å². The van der Waals surface area contributed by atoms with Crippen molar-refractivity contribution in [2.45, 2.75) is 66.6 Å². The van der Waals surface area contributed by atoms with Gasteiger partial charge in [-0.3, -0.25) is 5.32 Å². The van der Waals surface area contributed by atoms with Gasteiger partial charge < -0.3 is 25.8 Å². The molecule has 7 nitrogen and oxygen atoms in total. The second-order valence-corrected chi connectivity index (χ2v) is 11.0. The maximum atomic E-state index is 14.7. The van der Waals surface area contributed by atoms with E-state index >= 15 is 0 Å². The fraction of sp³-hybridized carbons (Fsp3) is 0.407. The molecule has 0 aliphatic heterocycles. The Balaban J connectivity index is 2.13. The van der Waals surface area contributed by atoms with Gasteiger partial charge in [0.15, 0.2) is 0 Å². The normalized spacial score (nSPS) is 12.7. The predicted molar refractivity (Wildman–Crippen MR) is 147 cm³/mol. The highest BCUT2D eigenvalue weighted by atomic mass is 19.1. The fourth-order valence-corrected chi connectivity index (χ4v) is 2.72. The van der Waals surface area contributed by atoms with Crippen molar-refractivity contribution < 1.29 is 18.9 Å². The van der Waals surface area contributed by atoms with Gasteiger partial charge in [-0.15, -0.1) is 0 Å². The average molecular weight is 496 g/mol. The molecule has 0 fully saturated rings. The topological polar surface area (TPSA) is 106 Å². The quantitative estimate of drug-likeness (QED) is 0.254. The molecule has 0 aliphatic rings. The third-order valence-corrected chi connectivity index (χ3v) is 6.03. The van der Waals surface area contributed by atoms with Crippen LogP contribution in [0.4, 0.5) is 20.6 Å². The molecule has 2 aromatic rings. The Labute approximate surface area is 214 Å². The lowest BCUT2D eigenvalue weighted by Crippen LogP contribution is -2.49. The maximum absolute atomic E-state index is 14.7. The van der Waals surface area contributed by atoms with E-state index in [2.05, 4.69) is 16.0 Å². The number of aliphatic hydroxyl groups is 1. The van der Waals surface area contributed by atoms with Crippen molar-refractivity contribution in [3.05, 3.63) is 65.7 Å². The zero-order chi connectivity index (χ0) is 27.3. The van der Waals surface area contributed by atoms with Crippen molar-refractivity contribution in [1.29, 1.82) is 5.41 Å². The summed E-state index contributed by atoms with van der Waals surface area (Å²) in [7, 11) is 0.0999. The Morgan fingerprint density at radius 2 is 1.64 bits per heavy atom. The number of carbonyl (C=O) groups excluding carboxylic acids is 1. The number of carbonyl (C=O) groups is 1. The van der Waals surface area contributed by atoms with E-state index in [9.17, 15) is 14.3 Å². The van der Waals surface area contributed by atoms with Gasteiger partial charge in [0, 0.05) is 22.9 Å². The molecule has 0 atom stereocenters. The zero-order valence-corrected chi connectivity index (χ0v) is 22.5. The Kier molecular flexibility index (Phi) is 9.10. The first kappa shape index (κ1) is 29.1. The summed E-state index contributed by atoms with van der Waals surface area (Å²) in [5.41, 5.74) is 0.352. The van der Waals surface area contributed by atoms with Crippen molar-refractivity contribution >= 4 is 36.1 Å². The van der Waals surface area contributed by atoms with Crippen LogP contribution in [0.3, 0.4) is 0 Å². The summed E-state index contributed by atoms with van der Waals surface area (Å²) in [5, 5.41) is 26.9. The summed E-state index contributed by atoms with van der Waals surface area (Å²) in [4.78, 5) is 12.7. The molecular weight excluding hydrogens is 458 g/mol. The molecule has 2 amide bonds. The molecule has 0 aliphatic carbocycles. The largest absolute Gasteiger partial charge is 0.427 e. The second-order valence-electron chi connectivity index (χ2n) is 11.0. The van der Waals surface area contributed by atoms with Crippen LogP contribution in [0.2, 0.25) is 0 Å². The van der Waals surface area contributed by atoms with E-state index in [0.29, 0.717) is 11.2 Å². The van der Waals surface area contributed by atoms with Gasteiger partial charge in [-0.2, -0.15) is 0 Å². The van der Waals surface area contributed by atoms with Crippen LogP contribution in [0.5, 0.6) is 0 Å². The molecule has 2 rings (SSSR count). The first-order chi connectivity index (χ1) is 16.5. The fourth-order valence-electron chi connectivity index (χ4n) is 2.72. The number of amides is 2. The average Bonchev–Trinajstić information content (AvgIpc) is 2.74. The summed E-state index contributed by atoms with van der Waals surface area (Å²) >= 11 is 0. The van der Waals surface area contributed by atoms with E-state index in [1.165, 1.54) is 12.1 Å². The molecule has 0 aromatic heterocycles. The lowest BCUT2D eigenvalue weighted by molar-refractivity contribution is -0.0893. The first-order valence-electron chi connectivity index (χ1n) is 11.8. The molecule has 0 spiro atoms. The van der Waals surface area contributed by atoms with Gasteiger partial charge >= 0.3 is 13.5 Å². The van der Waals surface area contributed by atoms with Crippen LogP contribution in [-0.4, -0.2) is 35.5 Å². The smallest absolute Gasteiger partial charge is 0.324 e. The number of anilines is 2. The standard InChI is InChI=1S/C27H38BFN4O3/c1-17-9-12-19(13-10-17)31-23(16-22(30)25(2,3)4)33-24(34)32-21-14-11-18(15-20(21)29)28-36-27(7,8)26(5,6)35/h9-16,28,30-31,35H,1-8H3,(H2,32,33,34)/b23-16+,30-22?. The summed E-state index contributed by atoms with van der Waals surface area (Å²) in [6.45, 7) is 14.5. The number of hydrogen-bond donors (Lipinski definition) is 5. The molecule has 5 N–H and O–H groups in total. The first-order valence-corrected chi connectivity index (χ1v) is 11.8. The zero-order valence-electron chi connectivity index (χ0n) is 22.5. The van der Waals surface area contributed by atoms with E-state index < -0.39 is 28.5 Å². The molecule has 36 heavy (non-hydrogen) atoms. The number of allylic oxidation sites excluding steroid dienone is 1. The van der Waals surface area contributed by atoms with Crippen LogP contribution in [0.1, 0.15) is 54.0 Å². The number of halogens is 1. The summed E-state index contributed by atoms with van der Waals surface area (Å²) < 4.78 is 20.5. The lowest BCUT2D eigenvalue weighted by atomic mass is 9.82. The SMILES string of the molecule is Cc1ccc(N/C(=C\C(=N)C(C)(C)C)NC(=O)Nc2ccc(BOC(C)(C)C(C)(C)O)cc2F)cc1. The minimum absolute atomic E-state index is 0.00131. The molecule has 0 heterocycles. The molecule has 9 heteroatoms. The lowest BCUT2D eigenvalue weighted by Gasteiger charge is -2.37. The molecule has 0 saturated heterocycles. The van der Waals surface area contributed by atoms with Crippen LogP contribution in [0.15, 0.2) is 54.4 Å². The number of urea groups is 1. The van der Waals surface area contributed by atoms with Crippen LogP contribution >= 0.6 is 0 Å². The van der Waals surface area contributed by atoms with Gasteiger partial charge in [-0.25, -0.2) is 9.18 Å². The van der Waals surface area contributed by atoms with Gasteiger partial charge in [0.05, 0.1) is 16.9 Å². The van der Waals surface area contributed by atoms with E-state index in [1.54, 1.807) is 39.8 Å². The van der Waals surface area contributed by atoms with Crippen LogP contribution in [0, 0.1) is 23.6 Å². The van der Waals surface area contributed by atoms with E-state index in [1.807, 2.05) is 52.0 Å². The molecule has 0 unspecified atom stereocenters. The molecule has 0 saturated carbocycles. The van der Waals surface area contributed by atoms with Crippen LogP contribution in [0.25, 0.3) is 0 Å². The Morgan fingerprint density at radius 1 is 1.03 bits per heavy atom. The molecule has 0 bridgehead atoms. The number of hydrogen-bond acceptors (Lipinski definition) is 5. The Morgan fingerprint density at radius 3 is 2.17 bits per heavy atom. The highest BCUT2D eigenvalue weighted by Crippen LogP contribution is 2.24. The Hall–Kier alpha value is -3.17. The summed E-state index contributed by atoms with van der Waals surface area (Å²) in [5.74, 6) is -0.331. The number of aryl methyl sites for hydroxylation is 1. The van der Waals surface area contributed by atoms with Crippen molar-refractivity contribution in [3.8, 4) is 0 Å². The minimum atomic E-state index is -1.08. The Bertz CT molecular complexity index is 1120. The van der Waals surface area contributed by atoms with Gasteiger partial charge in [0.2, 0.25) is 0 Å². The predicted octanol–water partition coefficient (Wildman–Crippen LogP) is 4.82. The monoisotopic (exact) mass is 496 g/mol. The summed E-state index contributed by atoms with van der Waals surface area (Å²) in [6, 6.07) is 11.3. The van der Waals surface area contributed by atoms with Gasteiger partial charge in [0.25, 0.3) is 0 Å².